The molecule has 0 radical (unpaired) electrons. The molecule has 14 heavy (non-hydrogen) atoms. The largest absolute Gasteiger partial charge is 0.481 e. The second-order valence-electron chi connectivity index (χ2n) is 2.68. The van der Waals surface area contributed by atoms with Crippen molar-refractivity contribution < 1.29 is 9.90 Å². The van der Waals surface area contributed by atoms with Crippen molar-refractivity contribution in [2.75, 3.05) is 0 Å². The molecule has 0 amide bonds. The van der Waals surface area contributed by atoms with E-state index in [1.54, 1.807) is 16.8 Å². The summed E-state index contributed by atoms with van der Waals surface area (Å²) in [7, 11) is 0. The van der Waals surface area contributed by atoms with Gasteiger partial charge in [-0.3, -0.25) is 4.79 Å². The summed E-state index contributed by atoms with van der Waals surface area (Å²) in [5.74, 6) is -0.839. The molecule has 2 rings (SSSR count). The summed E-state index contributed by atoms with van der Waals surface area (Å²) < 4.78 is 0. The van der Waals surface area contributed by atoms with Crippen LogP contribution in [0, 0.1) is 0 Å². The van der Waals surface area contributed by atoms with Gasteiger partial charge in [-0.25, -0.2) is 4.98 Å². The summed E-state index contributed by atoms with van der Waals surface area (Å²) >= 11 is 3.08. The number of carboxylic acids is 1. The summed E-state index contributed by atoms with van der Waals surface area (Å²) in [5.41, 5.74) is 2.35. The fraction of sp³-hybridized carbons (Fsp3) is 0.111. The minimum Gasteiger partial charge on any atom is -0.481 e. The van der Waals surface area contributed by atoms with Crippen LogP contribution in [0.15, 0.2) is 23.0 Å². The Morgan fingerprint density at radius 3 is 3.00 bits per heavy atom. The molecule has 0 aliphatic carbocycles. The van der Waals surface area contributed by atoms with Crippen LogP contribution in [0.5, 0.6) is 0 Å². The molecule has 0 aliphatic rings. The zero-order chi connectivity index (χ0) is 9.97. The number of aromatic nitrogens is 1. The first kappa shape index (κ1) is 9.36. The molecule has 5 heteroatoms. The standard InChI is InChI=1S/C9H7NO2S2/c11-8(12)4-6-9(14-5-10-6)7-2-1-3-13-7/h1-3,5H,4H2,(H,11,12). The number of hydrogen-bond acceptors (Lipinski definition) is 4. The third-order valence-corrected chi connectivity index (χ3v) is 3.62. The third kappa shape index (κ3) is 1.83. The molecule has 0 spiro atoms. The van der Waals surface area contributed by atoms with Crippen LogP contribution in [-0.4, -0.2) is 16.1 Å². The van der Waals surface area contributed by atoms with E-state index in [-0.39, 0.29) is 6.42 Å². The number of rotatable bonds is 3. The van der Waals surface area contributed by atoms with Crippen molar-refractivity contribution in [3.63, 3.8) is 0 Å². The highest BCUT2D eigenvalue weighted by Crippen LogP contribution is 2.31. The second kappa shape index (κ2) is 3.89. The van der Waals surface area contributed by atoms with E-state index in [0.29, 0.717) is 5.69 Å². The zero-order valence-corrected chi connectivity index (χ0v) is 8.77. The number of carbonyl (C=O) groups is 1. The Balaban J connectivity index is 2.35. The van der Waals surface area contributed by atoms with E-state index in [2.05, 4.69) is 4.98 Å². The highest BCUT2D eigenvalue weighted by atomic mass is 32.1. The van der Waals surface area contributed by atoms with Crippen molar-refractivity contribution in [3.8, 4) is 9.75 Å². The van der Waals surface area contributed by atoms with Gasteiger partial charge in [0.15, 0.2) is 0 Å². The van der Waals surface area contributed by atoms with Crippen LogP contribution in [0.2, 0.25) is 0 Å². The van der Waals surface area contributed by atoms with Crippen molar-refractivity contribution >= 4 is 28.6 Å². The minimum absolute atomic E-state index is 0.00324. The Labute approximate surface area is 88.7 Å². The summed E-state index contributed by atoms with van der Waals surface area (Å²) in [6.07, 6.45) is -0.00324. The van der Waals surface area contributed by atoms with E-state index in [0.717, 1.165) is 9.75 Å². The predicted octanol–water partition coefficient (Wildman–Crippen LogP) is 2.50. The van der Waals surface area contributed by atoms with Gasteiger partial charge in [0, 0.05) is 4.88 Å². The first-order valence-corrected chi connectivity index (χ1v) is 5.71. The molecule has 0 unspecified atom stereocenters. The summed E-state index contributed by atoms with van der Waals surface area (Å²) in [6.45, 7) is 0. The van der Waals surface area contributed by atoms with Crippen LogP contribution in [0.25, 0.3) is 9.75 Å². The van der Waals surface area contributed by atoms with Crippen LogP contribution >= 0.6 is 22.7 Å². The van der Waals surface area contributed by atoms with Gasteiger partial charge in [0.05, 0.1) is 22.5 Å². The van der Waals surface area contributed by atoms with Gasteiger partial charge in [-0.1, -0.05) is 6.07 Å². The van der Waals surface area contributed by atoms with Gasteiger partial charge in [-0.2, -0.15) is 0 Å². The molecule has 0 aromatic carbocycles. The number of thiophene rings is 1. The first-order valence-electron chi connectivity index (χ1n) is 3.95. The average Bonchev–Trinajstić information content (AvgIpc) is 2.70. The number of nitrogens with zero attached hydrogens (tertiary/aromatic N) is 1. The Bertz CT molecular complexity index is 433. The molecule has 0 saturated heterocycles. The Kier molecular flexibility index (Phi) is 2.60. The maximum atomic E-state index is 10.6. The summed E-state index contributed by atoms with van der Waals surface area (Å²) in [6, 6.07) is 3.92. The predicted molar refractivity (Wildman–Crippen MR) is 56.8 cm³/mol. The molecule has 0 atom stereocenters. The third-order valence-electron chi connectivity index (χ3n) is 1.70. The van der Waals surface area contributed by atoms with Crippen LogP contribution in [0.4, 0.5) is 0 Å². The van der Waals surface area contributed by atoms with Crippen molar-refractivity contribution in [3.05, 3.63) is 28.7 Å². The van der Waals surface area contributed by atoms with Gasteiger partial charge in [0.1, 0.15) is 0 Å². The van der Waals surface area contributed by atoms with E-state index in [4.69, 9.17) is 5.11 Å². The van der Waals surface area contributed by atoms with E-state index < -0.39 is 5.97 Å². The number of hydrogen-bond donors (Lipinski definition) is 1. The van der Waals surface area contributed by atoms with Crippen molar-refractivity contribution in [2.45, 2.75) is 6.42 Å². The highest BCUT2D eigenvalue weighted by Gasteiger charge is 2.12. The zero-order valence-electron chi connectivity index (χ0n) is 7.14. The van der Waals surface area contributed by atoms with Crippen LogP contribution in [0.1, 0.15) is 5.69 Å². The van der Waals surface area contributed by atoms with Gasteiger partial charge in [0.2, 0.25) is 0 Å². The maximum absolute atomic E-state index is 10.6. The molecular weight excluding hydrogens is 218 g/mol. The molecule has 2 heterocycles. The molecule has 2 aromatic heterocycles. The molecule has 72 valence electrons. The fourth-order valence-corrected chi connectivity index (χ4v) is 2.85. The second-order valence-corrected chi connectivity index (χ2v) is 4.48. The summed E-state index contributed by atoms with van der Waals surface area (Å²) in [4.78, 5) is 16.7. The molecule has 3 nitrogen and oxygen atoms in total. The van der Waals surface area contributed by atoms with E-state index in [1.807, 2.05) is 17.5 Å². The van der Waals surface area contributed by atoms with E-state index >= 15 is 0 Å². The summed E-state index contributed by atoms with van der Waals surface area (Å²) in [5, 5.41) is 10.6. The van der Waals surface area contributed by atoms with Gasteiger partial charge < -0.3 is 5.11 Å². The lowest BCUT2D eigenvalue weighted by Gasteiger charge is -1.95. The Morgan fingerprint density at radius 2 is 2.36 bits per heavy atom. The fourth-order valence-electron chi connectivity index (χ4n) is 1.15. The lowest BCUT2D eigenvalue weighted by molar-refractivity contribution is -0.136. The number of aliphatic carboxylic acids is 1. The maximum Gasteiger partial charge on any atom is 0.309 e. The van der Waals surface area contributed by atoms with Crippen molar-refractivity contribution in [1.82, 2.24) is 4.98 Å². The number of carboxylic acid groups (broad SMARTS) is 1. The molecular formula is C9H7NO2S2. The lowest BCUT2D eigenvalue weighted by atomic mass is 10.2. The topological polar surface area (TPSA) is 50.2 Å². The molecule has 0 saturated carbocycles. The molecule has 2 aromatic rings. The van der Waals surface area contributed by atoms with Crippen LogP contribution in [0.3, 0.4) is 0 Å². The number of thiazole rings is 1. The van der Waals surface area contributed by atoms with E-state index in [1.165, 1.54) is 11.3 Å². The average molecular weight is 225 g/mol. The normalized spacial score (nSPS) is 10.3. The van der Waals surface area contributed by atoms with Gasteiger partial charge in [-0.15, -0.1) is 22.7 Å². The smallest absolute Gasteiger partial charge is 0.309 e. The van der Waals surface area contributed by atoms with E-state index in [9.17, 15) is 4.79 Å². The van der Waals surface area contributed by atoms with Gasteiger partial charge >= 0.3 is 5.97 Å². The van der Waals surface area contributed by atoms with Crippen molar-refractivity contribution in [1.29, 1.82) is 0 Å². The molecule has 0 bridgehead atoms. The molecule has 0 aliphatic heterocycles. The lowest BCUT2D eigenvalue weighted by Crippen LogP contribution is -2.00. The highest BCUT2D eigenvalue weighted by molar-refractivity contribution is 7.20. The minimum atomic E-state index is -0.839. The molecule has 0 fully saturated rings. The van der Waals surface area contributed by atoms with Crippen LogP contribution in [-0.2, 0) is 11.2 Å². The Hall–Kier alpha value is -1.20. The van der Waals surface area contributed by atoms with Crippen molar-refractivity contribution in [2.24, 2.45) is 0 Å². The Morgan fingerprint density at radius 1 is 1.50 bits per heavy atom. The van der Waals surface area contributed by atoms with Crippen LogP contribution < -0.4 is 0 Å². The van der Waals surface area contributed by atoms with Gasteiger partial charge in [-0.05, 0) is 11.4 Å². The molecule has 1 N–H and O–H groups in total. The SMILES string of the molecule is O=C(O)Cc1ncsc1-c1cccs1. The monoisotopic (exact) mass is 225 g/mol. The quantitative estimate of drug-likeness (QED) is 0.873. The first-order chi connectivity index (χ1) is 6.77. The van der Waals surface area contributed by atoms with Gasteiger partial charge in [0.25, 0.3) is 0 Å².